The van der Waals surface area contributed by atoms with Crippen molar-refractivity contribution in [1.29, 1.82) is 0 Å². The highest BCUT2D eigenvalue weighted by atomic mass is 16.7. The summed E-state index contributed by atoms with van der Waals surface area (Å²) in [5.41, 5.74) is -0.150. The van der Waals surface area contributed by atoms with Gasteiger partial charge in [-0.25, -0.2) is 4.79 Å². The van der Waals surface area contributed by atoms with Crippen LogP contribution in [-0.2, 0) is 9.47 Å². The molecule has 0 saturated carbocycles. The van der Waals surface area contributed by atoms with Gasteiger partial charge in [0.1, 0.15) is 13.2 Å². The van der Waals surface area contributed by atoms with Crippen LogP contribution in [0.3, 0.4) is 0 Å². The molecule has 1 aliphatic heterocycles. The predicted molar refractivity (Wildman–Crippen MR) is 43.5 cm³/mol. The third kappa shape index (κ3) is 1.70. The molecule has 3 heteroatoms. The van der Waals surface area contributed by atoms with Crippen LogP contribution in [-0.4, -0.2) is 19.4 Å². The van der Waals surface area contributed by atoms with Gasteiger partial charge in [0.05, 0.1) is 0 Å². The lowest BCUT2D eigenvalue weighted by Crippen LogP contribution is -2.38. The van der Waals surface area contributed by atoms with Crippen molar-refractivity contribution in [3.05, 3.63) is 0 Å². The Bertz CT molecular complexity index is 204. The van der Waals surface area contributed by atoms with Crippen LogP contribution in [0.1, 0.15) is 19.8 Å². The van der Waals surface area contributed by atoms with Gasteiger partial charge in [-0.05, 0) is 6.42 Å². The van der Waals surface area contributed by atoms with Crippen molar-refractivity contribution >= 4 is 6.16 Å². The fourth-order valence-electron chi connectivity index (χ4n) is 1.16. The number of rotatable bonds is 2. The molecule has 0 aromatic carbocycles. The maximum absolute atomic E-state index is 10.6. The van der Waals surface area contributed by atoms with Crippen molar-refractivity contribution in [2.45, 2.75) is 19.8 Å². The Morgan fingerprint density at radius 3 is 2.58 bits per heavy atom. The second-order valence-electron chi connectivity index (χ2n) is 3.06. The average Bonchev–Trinajstić information content (AvgIpc) is 2.10. The first-order valence-electron chi connectivity index (χ1n) is 3.95. The molecule has 0 radical (unpaired) electrons. The van der Waals surface area contributed by atoms with Crippen LogP contribution in [0.15, 0.2) is 0 Å². The monoisotopic (exact) mass is 168 g/mol. The van der Waals surface area contributed by atoms with E-state index in [2.05, 4.69) is 5.92 Å². The van der Waals surface area contributed by atoms with Gasteiger partial charge in [-0.1, -0.05) is 6.92 Å². The molecule has 0 unspecified atom stereocenters. The molecule has 1 saturated heterocycles. The lowest BCUT2D eigenvalue weighted by molar-refractivity contribution is -0.0592. The average molecular weight is 168 g/mol. The highest BCUT2D eigenvalue weighted by Gasteiger charge is 2.35. The molecule has 12 heavy (non-hydrogen) atoms. The van der Waals surface area contributed by atoms with Gasteiger partial charge in [0, 0.05) is 11.8 Å². The molecule has 66 valence electrons. The van der Waals surface area contributed by atoms with Crippen LogP contribution < -0.4 is 0 Å². The standard InChI is InChI=1S/C9H12O3/c1-3-5-9(4-2)6-11-8(10)12-7-9/h1H,4-7H2,2H3. The lowest BCUT2D eigenvalue weighted by atomic mass is 9.83. The van der Waals surface area contributed by atoms with Gasteiger partial charge in [0.25, 0.3) is 0 Å². The van der Waals surface area contributed by atoms with E-state index in [9.17, 15) is 4.79 Å². The molecule has 0 spiro atoms. The van der Waals surface area contributed by atoms with Crippen LogP contribution >= 0.6 is 0 Å². The Morgan fingerprint density at radius 2 is 2.17 bits per heavy atom. The van der Waals surface area contributed by atoms with E-state index in [0.29, 0.717) is 19.6 Å². The molecule has 0 aliphatic carbocycles. The second-order valence-corrected chi connectivity index (χ2v) is 3.06. The van der Waals surface area contributed by atoms with Gasteiger partial charge in [0.2, 0.25) is 0 Å². The maximum atomic E-state index is 10.6. The van der Waals surface area contributed by atoms with Crippen LogP contribution in [0.4, 0.5) is 4.79 Å². The van der Waals surface area contributed by atoms with Crippen molar-refractivity contribution in [2.75, 3.05) is 13.2 Å². The normalized spacial score (nSPS) is 20.5. The quantitative estimate of drug-likeness (QED) is 0.463. The summed E-state index contributed by atoms with van der Waals surface area (Å²) < 4.78 is 9.56. The van der Waals surface area contributed by atoms with E-state index in [1.165, 1.54) is 0 Å². The highest BCUT2D eigenvalue weighted by Crippen LogP contribution is 2.30. The molecule has 1 aliphatic rings. The number of hydrogen-bond acceptors (Lipinski definition) is 3. The Balaban J connectivity index is 2.57. The van der Waals surface area contributed by atoms with Gasteiger partial charge in [-0.15, -0.1) is 12.3 Å². The molecule has 0 atom stereocenters. The van der Waals surface area contributed by atoms with Gasteiger partial charge < -0.3 is 9.47 Å². The first-order valence-corrected chi connectivity index (χ1v) is 3.95. The molecule has 1 rings (SSSR count). The minimum atomic E-state index is -0.587. The Morgan fingerprint density at radius 1 is 1.58 bits per heavy atom. The van der Waals surface area contributed by atoms with Crippen LogP contribution in [0, 0.1) is 17.8 Å². The smallest absolute Gasteiger partial charge is 0.434 e. The third-order valence-electron chi connectivity index (χ3n) is 2.22. The zero-order valence-corrected chi connectivity index (χ0v) is 7.13. The summed E-state index contributed by atoms with van der Waals surface area (Å²) in [6.45, 7) is 2.78. The number of carbonyl (C=O) groups is 1. The summed E-state index contributed by atoms with van der Waals surface area (Å²) in [6, 6.07) is 0. The molecule has 1 fully saturated rings. The fraction of sp³-hybridized carbons (Fsp3) is 0.667. The minimum Gasteiger partial charge on any atom is -0.434 e. The second kappa shape index (κ2) is 3.48. The first kappa shape index (κ1) is 8.92. The number of hydrogen-bond donors (Lipinski definition) is 0. The van der Waals surface area contributed by atoms with Crippen molar-refractivity contribution in [3.63, 3.8) is 0 Å². The lowest BCUT2D eigenvalue weighted by Gasteiger charge is -2.33. The first-order chi connectivity index (χ1) is 5.72. The van der Waals surface area contributed by atoms with Gasteiger partial charge >= 0.3 is 6.16 Å². The molecule has 0 N–H and O–H groups in total. The Labute approximate surface area is 72.0 Å². The number of carbonyl (C=O) groups excluding carboxylic acids is 1. The number of cyclic esters (lactones) is 2. The van der Waals surface area contributed by atoms with E-state index >= 15 is 0 Å². The zero-order valence-electron chi connectivity index (χ0n) is 7.13. The predicted octanol–water partition coefficient (Wildman–Crippen LogP) is 1.57. The molecule has 0 aromatic heterocycles. The fourth-order valence-corrected chi connectivity index (χ4v) is 1.16. The van der Waals surface area contributed by atoms with E-state index in [1.807, 2.05) is 6.92 Å². The molecule has 3 nitrogen and oxygen atoms in total. The van der Waals surface area contributed by atoms with Crippen molar-refractivity contribution in [3.8, 4) is 12.3 Å². The van der Waals surface area contributed by atoms with E-state index in [4.69, 9.17) is 15.9 Å². The third-order valence-corrected chi connectivity index (χ3v) is 2.22. The van der Waals surface area contributed by atoms with E-state index < -0.39 is 6.16 Å². The molecular formula is C9H12O3. The van der Waals surface area contributed by atoms with E-state index in [1.54, 1.807) is 0 Å². The molecule has 0 aromatic rings. The van der Waals surface area contributed by atoms with Crippen molar-refractivity contribution < 1.29 is 14.3 Å². The maximum Gasteiger partial charge on any atom is 0.508 e. The zero-order chi connectivity index (χ0) is 9.03. The highest BCUT2D eigenvalue weighted by molar-refractivity contribution is 5.60. The largest absolute Gasteiger partial charge is 0.508 e. The number of ether oxygens (including phenoxy) is 2. The minimum absolute atomic E-state index is 0.150. The van der Waals surface area contributed by atoms with Gasteiger partial charge in [-0.3, -0.25) is 0 Å². The Kier molecular flexibility index (Phi) is 2.59. The molecule has 0 bridgehead atoms. The summed E-state index contributed by atoms with van der Waals surface area (Å²) in [5, 5.41) is 0. The van der Waals surface area contributed by atoms with Gasteiger partial charge in [-0.2, -0.15) is 0 Å². The Hall–Kier alpha value is -1.17. The van der Waals surface area contributed by atoms with Crippen molar-refractivity contribution in [1.82, 2.24) is 0 Å². The summed E-state index contributed by atoms with van der Waals surface area (Å²) in [4.78, 5) is 10.6. The van der Waals surface area contributed by atoms with Crippen molar-refractivity contribution in [2.24, 2.45) is 5.41 Å². The summed E-state index contributed by atoms with van der Waals surface area (Å²) in [5.74, 6) is 2.57. The topological polar surface area (TPSA) is 35.5 Å². The van der Waals surface area contributed by atoms with Crippen LogP contribution in [0.25, 0.3) is 0 Å². The molecule has 0 amide bonds. The van der Waals surface area contributed by atoms with Gasteiger partial charge in [0.15, 0.2) is 0 Å². The summed E-state index contributed by atoms with van der Waals surface area (Å²) in [6.07, 6.45) is 6.08. The summed E-state index contributed by atoms with van der Waals surface area (Å²) in [7, 11) is 0. The molecule has 1 heterocycles. The summed E-state index contributed by atoms with van der Waals surface area (Å²) >= 11 is 0. The number of terminal acetylenes is 1. The van der Waals surface area contributed by atoms with Crippen LogP contribution in [0.5, 0.6) is 0 Å². The molecular weight excluding hydrogens is 156 g/mol. The van der Waals surface area contributed by atoms with E-state index in [-0.39, 0.29) is 5.41 Å². The van der Waals surface area contributed by atoms with E-state index in [0.717, 1.165) is 6.42 Å². The SMILES string of the molecule is C#CCC1(CC)COC(=O)OC1. The van der Waals surface area contributed by atoms with Crippen LogP contribution in [0.2, 0.25) is 0 Å².